The molecule has 6 nitrogen and oxygen atoms in total. The van der Waals surface area contributed by atoms with Gasteiger partial charge in [-0.1, -0.05) is 19.0 Å². The number of nitrogens with one attached hydrogen (secondary N) is 1. The van der Waals surface area contributed by atoms with E-state index in [0.717, 1.165) is 57.2 Å². The summed E-state index contributed by atoms with van der Waals surface area (Å²) in [4.78, 5) is 29.9. The first-order chi connectivity index (χ1) is 14.3. The van der Waals surface area contributed by atoms with Crippen LogP contribution in [0.2, 0.25) is 0 Å². The van der Waals surface area contributed by atoms with Crippen LogP contribution in [0.25, 0.3) is 0 Å². The number of hydrogen-bond acceptors (Lipinski definition) is 5. The highest BCUT2D eigenvalue weighted by molar-refractivity contribution is 5.87. The molecule has 4 aliphatic rings. The van der Waals surface area contributed by atoms with Gasteiger partial charge in [0.2, 0.25) is 5.91 Å². The fraction of sp³-hybridized carbons (Fsp3) is 0.875. The van der Waals surface area contributed by atoms with Crippen LogP contribution in [0.5, 0.6) is 0 Å². The van der Waals surface area contributed by atoms with Gasteiger partial charge in [-0.3, -0.25) is 9.59 Å². The Balaban J connectivity index is 0.00000272. The van der Waals surface area contributed by atoms with Crippen molar-refractivity contribution in [2.45, 2.75) is 72.1 Å². The Kier molecular flexibility index (Phi) is 7.42. The molecule has 0 aromatic rings. The van der Waals surface area contributed by atoms with E-state index in [2.05, 4.69) is 24.3 Å². The minimum atomic E-state index is -0.111. The number of oxime groups is 1. The van der Waals surface area contributed by atoms with E-state index in [1.54, 1.807) is 6.92 Å². The van der Waals surface area contributed by atoms with Crippen molar-refractivity contribution in [1.29, 1.82) is 0 Å². The zero-order chi connectivity index (χ0) is 21.5. The quantitative estimate of drug-likeness (QED) is 0.490. The lowest BCUT2D eigenvalue weighted by molar-refractivity contribution is -0.142. The number of carbonyl (C=O) groups excluding carboxylic acids is 2. The van der Waals surface area contributed by atoms with Crippen LogP contribution < -0.4 is 11.1 Å². The molecule has 7 atom stereocenters. The molecule has 0 saturated heterocycles. The molecule has 4 fully saturated rings. The summed E-state index contributed by atoms with van der Waals surface area (Å²) < 4.78 is 0. The molecule has 4 aliphatic carbocycles. The van der Waals surface area contributed by atoms with Crippen LogP contribution in [-0.2, 0) is 14.4 Å². The van der Waals surface area contributed by atoms with Crippen molar-refractivity contribution in [3.8, 4) is 0 Å². The lowest BCUT2D eigenvalue weighted by Gasteiger charge is -2.61. The van der Waals surface area contributed by atoms with Gasteiger partial charge in [-0.15, -0.1) is 12.4 Å². The lowest BCUT2D eigenvalue weighted by Crippen LogP contribution is -2.57. The molecular weight excluding hydrogens is 414 g/mol. The molecule has 4 rings (SSSR count). The number of Topliss-reactive ketones (excluding diaryl/α,β-unsaturated/α-hetero) is 1. The van der Waals surface area contributed by atoms with Crippen LogP contribution in [0.15, 0.2) is 5.16 Å². The number of fused-ring (bicyclic) bond motifs is 5. The summed E-state index contributed by atoms with van der Waals surface area (Å²) in [5.74, 6) is 3.25. The van der Waals surface area contributed by atoms with Gasteiger partial charge in [0, 0.05) is 31.8 Å². The molecule has 0 spiro atoms. The number of nitrogens with zero attached hydrogens (tertiary/aromatic N) is 1. The average molecular weight is 454 g/mol. The highest BCUT2D eigenvalue weighted by Crippen LogP contribution is 2.66. The third kappa shape index (κ3) is 4.27. The fourth-order valence-electron chi connectivity index (χ4n) is 7.85. The maximum atomic E-state index is 12.7. The van der Waals surface area contributed by atoms with Gasteiger partial charge in [-0.2, -0.15) is 0 Å². The van der Waals surface area contributed by atoms with Crippen molar-refractivity contribution in [3.05, 3.63) is 0 Å². The molecule has 7 heteroatoms. The number of amides is 1. The van der Waals surface area contributed by atoms with Gasteiger partial charge < -0.3 is 15.9 Å². The molecule has 0 bridgehead atoms. The average Bonchev–Trinajstić information content (AvgIpc) is 3.01. The molecule has 4 saturated carbocycles. The van der Waals surface area contributed by atoms with E-state index in [1.165, 1.54) is 6.42 Å². The van der Waals surface area contributed by atoms with E-state index in [4.69, 9.17) is 10.6 Å². The molecule has 0 aliphatic heterocycles. The van der Waals surface area contributed by atoms with E-state index in [9.17, 15) is 9.59 Å². The molecule has 176 valence electrons. The Morgan fingerprint density at radius 2 is 1.97 bits per heavy atom. The van der Waals surface area contributed by atoms with Crippen molar-refractivity contribution >= 4 is 29.8 Å². The second-order valence-electron chi connectivity index (χ2n) is 10.8. The minimum Gasteiger partial charge on any atom is -0.395 e. The van der Waals surface area contributed by atoms with Crippen LogP contribution in [-0.4, -0.2) is 37.1 Å². The topological polar surface area (TPSA) is 93.8 Å². The fourth-order valence-corrected chi connectivity index (χ4v) is 7.85. The number of hydrogen-bond donors (Lipinski definition) is 2. The molecule has 0 radical (unpaired) electrons. The van der Waals surface area contributed by atoms with Crippen LogP contribution in [0.3, 0.4) is 0 Å². The van der Waals surface area contributed by atoms with E-state index < -0.39 is 0 Å². The monoisotopic (exact) mass is 453 g/mol. The first-order valence-electron chi connectivity index (χ1n) is 11.9. The second-order valence-corrected chi connectivity index (χ2v) is 10.8. The second kappa shape index (κ2) is 9.38. The van der Waals surface area contributed by atoms with Crippen molar-refractivity contribution in [3.63, 3.8) is 0 Å². The standard InChI is InChI=1S/C24H39N3O3.ClH/c1-15(28)26-14-16-12-18-19-4-5-22(29)24(19,3)9-7-20(18)23(2)8-6-17(13-21(16)23)27-30-11-10-25;/h16,18-21H,4-14,25H2,1-3H3,(H,26,28);1H/b27-17-;/t16-,18+,19+,20+,21?,23-,24+;/m1./s1. The van der Waals surface area contributed by atoms with Gasteiger partial charge in [0.1, 0.15) is 12.4 Å². The molecular formula is C24H40ClN3O3. The lowest BCUT2D eigenvalue weighted by atomic mass is 9.43. The molecule has 1 unspecified atom stereocenters. The summed E-state index contributed by atoms with van der Waals surface area (Å²) in [6, 6.07) is 0. The largest absolute Gasteiger partial charge is 0.395 e. The van der Waals surface area contributed by atoms with Gasteiger partial charge in [0.15, 0.2) is 0 Å². The summed E-state index contributed by atoms with van der Waals surface area (Å²) in [6.45, 7) is 8.00. The zero-order valence-corrected chi connectivity index (χ0v) is 20.1. The molecule has 0 aromatic heterocycles. The predicted octanol–water partition coefficient (Wildman–Crippen LogP) is 3.71. The van der Waals surface area contributed by atoms with Gasteiger partial charge in [-0.05, 0) is 80.0 Å². The van der Waals surface area contributed by atoms with Crippen LogP contribution in [0.4, 0.5) is 0 Å². The van der Waals surface area contributed by atoms with E-state index in [1.807, 2.05) is 0 Å². The van der Waals surface area contributed by atoms with Crippen molar-refractivity contribution in [1.82, 2.24) is 5.32 Å². The third-order valence-corrected chi connectivity index (χ3v) is 9.41. The molecule has 0 heterocycles. The van der Waals surface area contributed by atoms with E-state index in [0.29, 0.717) is 48.5 Å². The Bertz CT molecular complexity index is 729. The van der Waals surface area contributed by atoms with Crippen molar-refractivity contribution < 1.29 is 14.4 Å². The van der Waals surface area contributed by atoms with Crippen LogP contribution in [0, 0.1) is 40.4 Å². The predicted molar refractivity (Wildman–Crippen MR) is 124 cm³/mol. The van der Waals surface area contributed by atoms with Crippen LogP contribution in [0.1, 0.15) is 72.1 Å². The number of rotatable bonds is 5. The van der Waals surface area contributed by atoms with Crippen LogP contribution >= 0.6 is 12.4 Å². The minimum absolute atomic E-state index is 0. The highest BCUT2D eigenvalue weighted by Gasteiger charge is 2.61. The Morgan fingerprint density at radius 1 is 1.19 bits per heavy atom. The van der Waals surface area contributed by atoms with Crippen molar-refractivity contribution in [2.24, 2.45) is 51.3 Å². The maximum Gasteiger partial charge on any atom is 0.216 e. The zero-order valence-electron chi connectivity index (χ0n) is 19.3. The van der Waals surface area contributed by atoms with Crippen molar-refractivity contribution in [2.75, 3.05) is 19.7 Å². The van der Waals surface area contributed by atoms with Gasteiger partial charge in [0.25, 0.3) is 0 Å². The summed E-state index contributed by atoms with van der Waals surface area (Å²) in [5, 5.41) is 7.52. The summed E-state index contributed by atoms with van der Waals surface area (Å²) in [5.41, 5.74) is 6.82. The summed E-state index contributed by atoms with van der Waals surface area (Å²) >= 11 is 0. The van der Waals surface area contributed by atoms with Gasteiger partial charge >= 0.3 is 0 Å². The number of ketones is 1. The normalized spacial score (nSPS) is 42.8. The maximum absolute atomic E-state index is 12.7. The Labute approximate surface area is 192 Å². The highest BCUT2D eigenvalue weighted by atomic mass is 35.5. The molecule has 0 aromatic carbocycles. The molecule has 31 heavy (non-hydrogen) atoms. The number of carbonyl (C=O) groups is 2. The summed E-state index contributed by atoms with van der Waals surface area (Å²) in [6.07, 6.45) is 8.22. The Hall–Kier alpha value is -1.14. The first-order valence-corrected chi connectivity index (χ1v) is 11.9. The third-order valence-electron chi connectivity index (χ3n) is 9.41. The van der Waals surface area contributed by atoms with Gasteiger partial charge in [-0.25, -0.2) is 0 Å². The van der Waals surface area contributed by atoms with Gasteiger partial charge in [0.05, 0.1) is 5.71 Å². The van der Waals surface area contributed by atoms with E-state index in [-0.39, 0.29) is 29.1 Å². The first kappa shape index (κ1) is 24.5. The smallest absolute Gasteiger partial charge is 0.216 e. The number of halogens is 1. The Morgan fingerprint density at radius 3 is 2.68 bits per heavy atom. The van der Waals surface area contributed by atoms with E-state index >= 15 is 0 Å². The SMILES string of the molecule is CC(=O)NC[C@H]1C[C@@H]2[C@H](CC[C@]3(C)C(=O)CC[C@@H]23)[C@@]2(C)CC/C(=N/OCCN)CC12.Cl. The summed E-state index contributed by atoms with van der Waals surface area (Å²) in [7, 11) is 0. The molecule has 3 N–H and O–H groups in total. The number of nitrogens with two attached hydrogens (primary N) is 1. The molecule has 1 amide bonds.